The summed E-state index contributed by atoms with van der Waals surface area (Å²) in [6, 6.07) is 7.76. The van der Waals surface area contributed by atoms with E-state index in [1.807, 2.05) is 31.2 Å². The summed E-state index contributed by atoms with van der Waals surface area (Å²) in [7, 11) is 0. The number of furan rings is 1. The topological polar surface area (TPSA) is 54.3 Å². The SMILES string of the molecule is Cc1c(C(=O)NCC2(C)CCNCC2)oc2ccccc12.Cl. The van der Waals surface area contributed by atoms with Gasteiger partial charge in [0, 0.05) is 17.5 Å². The number of amides is 1. The number of piperidine rings is 1. The van der Waals surface area contributed by atoms with Crippen molar-refractivity contribution in [2.45, 2.75) is 26.7 Å². The van der Waals surface area contributed by atoms with Crippen molar-refractivity contribution in [3.05, 3.63) is 35.6 Å². The summed E-state index contributed by atoms with van der Waals surface area (Å²) in [5.41, 5.74) is 1.87. The van der Waals surface area contributed by atoms with Crippen LogP contribution in [0.15, 0.2) is 28.7 Å². The summed E-state index contributed by atoms with van der Waals surface area (Å²) in [6.45, 7) is 6.92. The predicted octanol–water partition coefficient (Wildman–Crippen LogP) is 3.28. The van der Waals surface area contributed by atoms with E-state index in [9.17, 15) is 4.79 Å². The van der Waals surface area contributed by atoms with Crippen LogP contribution in [-0.2, 0) is 0 Å². The predicted molar refractivity (Wildman–Crippen MR) is 90.7 cm³/mol. The van der Waals surface area contributed by atoms with Gasteiger partial charge in [0.25, 0.3) is 5.91 Å². The van der Waals surface area contributed by atoms with Gasteiger partial charge in [0.15, 0.2) is 5.76 Å². The molecule has 1 fully saturated rings. The van der Waals surface area contributed by atoms with E-state index in [2.05, 4.69) is 17.6 Å². The molecular formula is C17H23ClN2O2. The summed E-state index contributed by atoms with van der Waals surface area (Å²) in [5, 5.41) is 7.42. The fraction of sp³-hybridized carbons (Fsp3) is 0.471. The van der Waals surface area contributed by atoms with Gasteiger partial charge in [-0.05, 0) is 44.3 Å². The van der Waals surface area contributed by atoms with Gasteiger partial charge in [-0.2, -0.15) is 0 Å². The molecule has 2 aromatic rings. The van der Waals surface area contributed by atoms with Gasteiger partial charge in [0.1, 0.15) is 5.58 Å². The number of para-hydroxylation sites is 1. The van der Waals surface area contributed by atoms with Gasteiger partial charge < -0.3 is 15.1 Å². The second-order valence-electron chi connectivity index (χ2n) is 6.30. The van der Waals surface area contributed by atoms with Crippen LogP contribution in [0.25, 0.3) is 11.0 Å². The number of rotatable bonds is 3. The Morgan fingerprint density at radius 3 is 2.68 bits per heavy atom. The molecule has 120 valence electrons. The molecule has 0 aliphatic carbocycles. The third-order valence-electron chi connectivity index (χ3n) is 4.54. The molecule has 0 bridgehead atoms. The third kappa shape index (κ3) is 3.28. The second-order valence-corrected chi connectivity index (χ2v) is 6.30. The summed E-state index contributed by atoms with van der Waals surface area (Å²) < 4.78 is 5.71. The van der Waals surface area contributed by atoms with Crippen LogP contribution in [0.1, 0.15) is 35.9 Å². The number of hydrogen-bond acceptors (Lipinski definition) is 3. The van der Waals surface area contributed by atoms with Crippen LogP contribution in [0.3, 0.4) is 0 Å². The number of halogens is 1. The standard InChI is InChI=1S/C17H22N2O2.ClH/c1-12-13-5-3-4-6-14(13)21-15(12)16(20)19-11-17(2)7-9-18-10-8-17;/h3-6,18H,7-11H2,1-2H3,(H,19,20);1H. The first-order chi connectivity index (χ1) is 10.1. The lowest BCUT2D eigenvalue weighted by atomic mass is 9.81. The van der Waals surface area contributed by atoms with Crippen molar-refractivity contribution < 1.29 is 9.21 Å². The van der Waals surface area contributed by atoms with E-state index in [-0.39, 0.29) is 23.7 Å². The van der Waals surface area contributed by atoms with Gasteiger partial charge in [-0.1, -0.05) is 25.1 Å². The van der Waals surface area contributed by atoms with Crippen LogP contribution >= 0.6 is 12.4 Å². The molecule has 3 rings (SSSR count). The number of carbonyl (C=O) groups excluding carboxylic acids is 1. The van der Waals surface area contributed by atoms with E-state index in [1.54, 1.807) is 0 Å². The maximum atomic E-state index is 12.4. The summed E-state index contributed by atoms with van der Waals surface area (Å²) in [5.74, 6) is 0.331. The van der Waals surface area contributed by atoms with E-state index < -0.39 is 0 Å². The molecule has 1 aromatic carbocycles. The average molecular weight is 323 g/mol. The van der Waals surface area contributed by atoms with Crippen LogP contribution < -0.4 is 10.6 Å². The molecule has 1 aliphatic rings. The molecular weight excluding hydrogens is 300 g/mol. The minimum absolute atomic E-state index is 0. The molecule has 5 heteroatoms. The zero-order valence-electron chi connectivity index (χ0n) is 13.1. The van der Waals surface area contributed by atoms with Gasteiger partial charge in [-0.25, -0.2) is 0 Å². The lowest BCUT2D eigenvalue weighted by molar-refractivity contribution is 0.0896. The summed E-state index contributed by atoms with van der Waals surface area (Å²) in [6.07, 6.45) is 2.18. The molecule has 4 nitrogen and oxygen atoms in total. The van der Waals surface area contributed by atoms with E-state index in [1.165, 1.54) is 0 Å². The fourth-order valence-electron chi connectivity index (χ4n) is 2.97. The van der Waals surface area contributed by atoms with Crippen molar-refractivity contribution in [3.8, 4) is 0 Å². The molecule has 1 aliphatic heterocycles. The molecule has 0 spiro atoms. The molecule has 2 heterocycles. The zero-order valence-corrected chi connectivity index (χ0v) is 13.9. The van der Waals surface area contributed by atoms with Crippen LogP contribution in [-0.4, -0.2) is 25.5 Å². The number of nitrogens with one attached hydrogen (secondary N) is 2. The van der Waals surface area contributed by atoms with Crippen molar-refractivity contribution in [3.63, 3.8) is 0 Å². The Balaban J connectivity index is 0.00000176. The maximum absolute atomic E-state index is 12.4. The average Bonchev–Trinajstić information content (AvgIpc) is 2.84. The number of aryl methyl sites for hydroxylation is 1. The third-order valence-corrected chi connectivity index (χ3v) is 4.54. The van der Waals surface area contributed by atoms with Crippen molar-refractivity contribution in [2.24, 2.45) is 5.41 Å². The van der Waals surface area contributed by atoms with Crippen molar-refractivity contribution in [1.29, 1.82) is 0 Å². The van der Waals surface area contributed by atoms with Gasteiger partial charge >= 0.3 is 0 Å². The van der Waals surface area contributed by atoms with E-state index in [4.69, 9.17) is 4.42 Å². The Hall–Kier alpha value is -1.52. The minimum Gasteiger partial charge on any atom is -0.451 e. The number of hydrogen-bond donors (Lipinski definition) is 2. The quantitative estimate of drug-likeness (QED) is 0.911. The van der Waals surface area contributed by atoms with Gasteiger partial charge in [-0.15, -0.1) is 12.4 Å². The van der Waals surface area contributed by atoms with Crippen LogP contribution in [0.5, 0.6) is 0 Å². The minimum atomic E-state index is -0.108. The van der Waals surface area contributed by atoms with Crippen molar-refractivity contribution >= 4 is 29.3 Å². The lowest BCUT2D eigenvalue weighted by Gasteiger charge is -2.34. The maximum Gasteiger partial charge on any atom is 0.287 e. The second kappa shape index (κ2) is 6.71. The Morgan fingerprint density at radius 1 is 1.32 bits per heavy atom. The van der Waals surface area contributed by atoms with Crippen molar-refractivity contribution in [2.75, 3.05) is 19.6 Å². The molecule has 0 radical (unpaired) electrons. The first kappa shape index (κ1) is 16.8. The summed E-state index contributed by atoms with van der Waals surface area (Å²) >= 11 is 0. The highest BCUT2D eigenvalue weighted by Gasteiger charge is 2.28. The van der Waals surface area contributed by atoms with E-state index in [0.717, 1.165) is 42.5 Å². The Kier molecular flexibility index (Phi) is 5.14. The fourth-order valence-corrected chi connectivity index (χ4v) is 2.97. The first-order valence-electron chi connectivity index (χ1n) is 7.56. The number of carbonyl (C=O) groups is 1. The van der Waals surface area contributed by atoms with Crippen molar-refractivity contribution in [1.82, 2.24) is 10.6 Å². The van der Waals surface area contributed by atoms with Gasteiger partial charge in [-0.3, -0.25) is 4.79 Å². The molecule has 0 saturated carbocycles. The monoisotopic (exact) mass is 322 g/mol. The Labute approximate surface area is 137 Å². The van der Waals surface area contributed by atoms with E-state index in [0.29, 0.717) is 12.3 Å². The largest absolute Gasteiger partial charge is 0.451 e. The molecule has 1 aromatic heterocycles. The van der Waals surface area contributed by atoms with Crippen LogP contribution in [0, 0.1) is 12.3 Å². The molecule has 0 atom stereocenters. The molecule has 1 saturated heterocycles. The summed E-state index contributed by atoms with van der Waals surface area (Å²) in [4.78, 5) is 12.4. The molecule has 2 N–H and O–H groups in total. The number of benzene rings is 1. The van der Waals surface area contributed by atoms with Crippen LogP contribution in [0.2, 0.25) is 0 Å². The number of fused-ring (bicyclic) bond motifs is 1. The highest BCUT2D eigenvalue weighted by Crippen LogP contribution is 2.28. The Bertz CT molecular complexity index is 660. The smallest absolute Gasteiger partial charge is 0.287 e. The molecule has 22 heavy (non-hydrogen) atoms. The Morgan fingerprint density at radius 2 is 2.00 bits per heavy atom. The highest BCUT2D eigenvalue weighted by atomic mass is 35.5. The molecule has 1 amide bonds. The molecule has 0 unspecified atom stereocenters. The van der Waals surface area contributed by atoms with Crippen LogP contribution in [0.4, 0.5) is 0 Å². The van der Waals surface area contributed by atoms with Gasteiger partial charge in [0.2, 0.25) is 0 Å². The normalized spacial score (nSPS) is 17.0. The first-order valence-corrected chi connectivity index (χ1v) is 7.56. The lowest BCUT2D eigenvalue weighted by Crippen LogP contribution is -2.42. The van der Waals surface area contributed by atoms with Gasteiger partial charge in [0.05, 0.1) is 0 Å². The highest BCUT2D eigenvalue weighted by molar-refractivity contribution is 5.98. The van der Waals surface area contributed by atoms with E-state index >= 15 is 0 Å². The zero-order chi connectivity index (χ0) is 14.9.